The van der Waals surface area contributed by atoms with E-state index in [-0.39, 0.29) is 18.7 Å². The molecule has 2 aromatic carbocycles. The van der Waals surface area contributed by atoms with Crippen molar-refractivity contribution in [2.45, 2.75) is 185 Å². The number of rotatable bonds is 24. The molecular formula is C46H74N2O2Pd. The van der Waals surface area contributed by atoms with E-state index < -0.39 is 0 Å². The molecule has 0 N–H and O–H groups in total. The van der Waals surface area contributed by atoms with Crippen molar-refractivity contribution in [2.75, 3.05) is 13.2 Å². The van der Waals surface area contributed by atoms with Gasteiger partial charge in [0.05, 0.1) is 0 Å². The zero-order valence-electron chi connectivity index (χ0n) is 34.5. The Morgan fingerprint density at radius 1 is 0.471 bits per heavy atom. The summed E-state index contributed by atoms with van der Waals surface area (Å²) >= 11 is 0.0757. The van der Waals surface area contributed by atoms with Crippen molar-refractivity contribution in [1.29, 1.82) is 0 Å². The second kappa shape index (κ2) is 26.0. The van der Waals surface area contributed by atoms with Gasteiger partial charge in [-0.3, -0.25) is 0 Å². The van der Waals surface area contributed by atoms with Gasteiger partial charge in [0.2, 0.25) is 11.4 Å². The zero-order chi connectivity index (χ0) is 37.6. The molecule has 0 saturated carbocycles. The van der Waals surface area contributed by atoms with Crippen LogP contribution in [-0.2, 0) is 64.2 Å². The topological polar surface area (TPSA) is 43.8 Å². The Bertz CT molecular complexity index is 1350. The van der Waals surface area contributed by atoms with E-state index in [9.17, 15) is 5.53 Å². The van der Waals surface area contributed by atoms with Crippen molar-refractivity contribution >= 4 is 11.4 Å². The monoisotopic (exact) mass is 792 g/mol. The first-order chi connectivity index (χ1) is 24.8. The van der Waals surface area contributed by atoms with Gasteiger partial charge in [-0.1, -0.05) is 81.1 Å². The van der Waals surface area contributed by atoms with E-state index in [1.165, 1.54) is 94.2 Å². The van der Waals surface area contributed by atoms with Gasteiger partial charge < -0.3 is 5.53 Å². The third kappa shape index (κ3) is 13.2. The van der Waals surface area contributed by atoms with Crippen molar-refractivity contribution in [3.63, 3.8) is 0 Å². The summed E-state index contributed by atoms with van der Waals surface area (Å²) in [5, 5.41) is 0. The van der Waals surface area contributed by atoms with E-state index in [0.717, 1.165) is 102 Å². The van der Waals surface area contributed by atoms with Crippen molar-refractivity contribution in [2.24, 2.45) is 0 Å². The number of unbranched alkanes of at least 4 members (excludes halogenated alkanes) is 6. The fourth-order valence-corrected chi connectivity index (χ4v) is 8.20. The van der Waals surface area contributed by atoms with E-state index in [4.69, 9.17) is 6.92 Å². The molecular weight excluding hydrogens is 719 g/mol. The molecule has 1 aliphatic heterocycles. The molecule has 0 radical (unpaired) electrons. The molecule has 0 spiro atoms. The Morgan fingerprint density at radius 2 is 0.843 bits per heavy atom. The van der Waals surface area contributed by atoms with Gasteiger partial charge in [0.15, 0.2) is 0 Å². The van der Waals surface area contributed by atoms with Crippen molar-refractivity contribution in [3.8, 4) is 0 Å². The molecule has 1 aliphatic rings. The van der Waals surface area contributed by atoms with Gasteiger partial charge in [-0.15, -0.1) is 0 Å². The summed E-state index contributed by atoms with van der Waals surface area (Å²) < 4.78 is 12.1. The maximum atomic E-state index is 12.2. The molecule has 5 heteroatoms. The van der Waals surface area contributed by atoms with Crippen LogP contribution in [-0.4, -0.2) is 17.9 Å². The molecule has 51 heavy (non-hydrogen) atoms. The number of hydrogen-bond donors (Lipinski definition) is 0. The fourth-order valence-electron chi connectivity index (χ4n) is 7.36. The standard InChI is InChI=1S/C38H56N2.2C4H9O.Pd/c1-9-17-19-20-22-36-35(21-18-10-2)37(31-23-27(11-3)33(15-7)28(12-4)24-31)40(39)38(36)32-25-29(13-5)34(16-8)30(14-6)26-32;2*1-2-3-4-5;/h23-26H,9-22H2,1-8H3;2*2-4H2,1H3;/q;2*-1;+2. The molecule has 0 fully saturated rings. The van der Waals surface area contributed by atoms with Gasteiger partial charge in [-0.2, -0.15) is 0 Å². The number of nitrogens with zero attached hydrogens (tertiary/aromatic N) is 2. The summed E-state index contributed by atoms with van der Waals surface area (Å²) in [6.07, 6.45) is 20.2. The molecule has 0 aromatic heterocycles. The molecule has 0 unspecified atom stereocenters. The fraction of sp³-hybridized carbons (Fsp3) is 0.652. The number of hydrogen-bond acceptors (Lipinski definition) is 2. The van der Waals surface area contributed by atoms with Crippen molar-refractivity contribution < 1.29 is 30.3 Å². The predicted octanol–water partition coefficient (Wildman–Crippen LogP) is 13.9. The third-order valence-corrected chi connectivity index (χ3v) is 11.3. The van der Waals surface area contributed by atoms with Gasteiger partial charge in [0.1, 0.15) is 0 Å². The van der Waals surface area contributed by atoms with Crippen LogP contribution in [0.1, 0.15) is 191 Å². The Hall–Kier alpha value is -1.90. The first kappa shape index (κ1) is 45.3. The molecule has 0 atom stereocenters. The van der Waals surface area contributed by atoms with Crippen LogP contribution < -0.4 is 0 Å². The van der Waals surface area contributed by atoms with E-state index in [1.54, 1.807) is 4.70 Å². The molecule has 4 nitrogen and oxygen atoms in total. The Morgan fingerprint density at radius 3 is 1.18 bits per heavy atom. The second-order valence-corrected chi connectivity index (χ2v) is 15.1. The second-order valence-electron chi connectivity index (χ2n) is 13.9. The van der Waals surface area contributed by atoms with Crippen LogP contribution in [0.4, 0.5) is 0 Å². The Balaban J connectivity index is 0.000000705. The Labute approximate surface area is 323 Å². The molecule has 0 amide bonds. The molecule has 1 heterocycles. The van der Waals surface area contributed by atoms with Gasteiger partial charge in [0.25, 0.3) is 0 Å². The van der Waals surface area contributed by atoms with Crippen molar-refractivity contribution in [3.05, 3.63) is 85.5 Å². The predicted molar refractivity (Wildman–Crippen MR) is 217 cm³/mol. The molecule has 0 saturated heterocycles. The average molecular weight is 794 g/mol. The molecule has 290 valence electrons. The van der Waals surface area contributed by atoms with Crippen LogP contribution in [0.2, 0.25) is 0 Å². The number of aryl methyl sites for hydroxylation is 4. The van der Waals surface area contributed by atoms with Crippen LogP contribution in [0.3, 0.4) is 0 Å². The van der Waals surface area contributed by atoms with Crippen LogP contribution in [0.5, 0.6) is 0 Å². The van der Waals surface area contributed by atoms with Gasteiger partial charge in [-0.05, 0) is 122 Å². The minimum absolute atomic E-state index is 0.0757. The van der Waals surface area contributed by atoms with Gasteiger partial charge in [0, 0.05) is 22.3 Å². The van der Waals surface area contributed by atoms with E-state index in [1.807, 2.05) is 0 Å². The number of benzene rings is 2. The van der Waals surface area contributed by atoms with E-state index in [0.29, 0.717) is 0 Å². The third-order valence-electron chi connectivity index (χ3n) is 10.3. The SMILES string of the molecule is CCCCCCC1=C(c2cc(CC)c(CC)c(CC)c2)[N+](=[N-])C(c2cc(CC)c(CC)c(CC)c2)=C1CCCC.CCCC[O][Pd][O]CCCC. The van der Waals surface area contributed by atoms with Crippen LogP contribution in [0, 0.1) is 0 Å². The maximum absolute atomic E-state index is 12.2. The van der Waals surface area contributed by atoms with E-state index >= 15 is 0 Å². The Kier molecular flexibility index (Phi) is 23.0. The molecule has 3 rings (SSSR count). The van der Waals surface area contributed by atoms with Crippen molar-refractivity contribution in [1.82, 2.24) is 0 Å². The quantitative estimate of drug-likeness (QED) is 0.0604. The zero-order valence-corrected chi connectivity index (χ0v) is 36.0. The van der Waals surface area contributed by atoms with Crippen LogP contribution in [0.15, 0.2) is 35.4 Å². The van der Waals surface area contributed by atoms with Crippen LogP contribution in [0.25, 0.3) is 16.9 Å². The van der Waals surface area contributed by atoms with Gasteiger partial charge >= 0.3 is 78.4 Å². The number of allylic oxidation sites excluding steroid dienone is 2. The van der Waals surface area contributed by atoms with Gasteiger partial charge in [-0.25, -0.2) is 4.70 Å². The molecule has 2 aromatic rings. The summed E-state index contributed by atoms with van der Waals surface area (Å²) in [7, 11) is 0. The summed E-state index contributed by atoms with van der Waals surface area (Å²) in [6.45, 7) is 24.2. The molecule has 0 aliphatic carbocycles. The first-order valence-electron chi connectivity index (χ1n) is 20.9. The summed E-state index contributed by atoms with van der Waals surface area (Å²) in [5.41, 5.74) is 28.2. The summed E-state index contributed by atoms with van der Waals surface area (Å²) in [4.78, 5) is 0. The van der Waals surface area contributed by atoms with E-state index in [2.05, 4.69) is 93.5 Å². The van der Waals surface area contributed by atoms with Crippen LogP contribution >= 0.6 is 0 Å². The molecule has 0 bridgehead atoms. The summed E-state index contributed by atoms with van der Waals surface area (Å²) in [5.74, 6) is 0. The normalized spacial score (nSPS) is 13.1. The average Bonchev–Trinajstić information content (AvgIpc) is 3.44. The first-order valence-corrected chi connectivity index (χ1v) is 22.2. The minimum atomic E-state index is 0.0757. The summed E-state index contributed by atoms with van der Waals surface area (Å²) in [6, 6.07) is 9.54.